The van der Waals surface area contributed by atoms with Gasteiger partial charge in [0.15, 0.2) is 0 Å². The van der Waals surface area contributed by atoms with Crippen molar-refractivity contribution in [3.63, 3.8) is 0 Å². The van der Waals surface area contributed by atoms with Crippen molar-refractivity contribution in [3.05, 3.63) is 42.1 Å². The first kappa shape index (κ1) is 16.9. The lowest BCUT2D eigenvalue weighted by Gasteiger charge is -2.16. The van der Waals surface area contributed by atoms with Gasteiger partial charge in [0, 0.05) is 18.0 Å². The lowest BCUT2D eigenvalue weighted by molar-refractivity contribution is -0.142. The van der Waals surface area contributed by atoms with E-state index in [0.29, 0.717) is 12.8 Å². The topological polar surface area (TPSA) is 79.3 Å². The zero-order valence-corrected chi connectivity index (χ0v) is 13.5. The van der Waals surface area contributed by atoms with Crippen LogP contribution in [0.4, 0.5) is 0 Å². The second-order valence-electron chi connectivity index (χ2n) is 6.08. The van der Waals surface area contributed by atoms with Crippen LogP contribution in [0.15, 0.2) is 36.5 Å². The third-order valence-electron chi connectivity index (χ3n) is 3.70. The average Bonchev–Trinajstić information content (AvgIpc) is 2.51. The van der Waals surface area contributed by atoms with Crippen molar-refractivity contribution in [2.75, 3.05) is 0 Å². The molecule has 2 N–H and O–H groups in total. The first-order chi connectivity index (χ1) is 11.0. The molecule has 1 amide bonds. The molecule has 23 heavy (non-hydrogen) atoms. The molecule has 5 nitrogen and oxygen atoms in total. The van der Waals surface area contributed by atoms with Gasteiger partial charge in [-0.2, -0.15) is 0 Å². The fourth-order valence-corrected chi connectivity index (χ4v) is 2.58. The summed E-state index contributed by atoms with van der Waals surface area (Å²) in [6, 6.07) is 8.86. The quantitative estimate of drug-likeness (QED) is 0.823. The Balaban J connectivity index is 1.99. The van der Waals surface area contributed by atoms with Crippen LogP contribution in [0, 0.1) is 5.92 Å². The number of carboxylic acid groups (broad SMARTS) is 1. The number of carbonyl (C=O) groups excluding carboxylic acids is 1. The molecular weight excluding hydrogens is 292 g/mol. The van der Waals surface area contributed by atoms with E-state index >= 15 is 0 Å². The Morgan fingerprint density at radius 2 is 1.96 bits per heavy atom. The number of benzene rings is 1. The molecule has 0 bridgehead atoms. The molecule has 0 aliphatic carbocycles. The number of aromatic nitrogens is 1. The Bertz CT molecular complexity index is 692. The Morgan fingerprint density at radius 1 is 1.22 bits per heavy atom. The number of hydrogen-bond donors (Lipinski definition) is 2. The summed E-state index contributed by atoms with van der Waals surface area (Å²) in [4.78, 5) is 27.6. The lowest BCUT2D eigenvalue weighted by atomic mass is 10.0. The normalized spacial score (nSPS) is 12.3. The number of aryl methyl sites for hydroxylation is 1. The molecule has 2 rings (SSSR count). The Labute approximate surface area is 135 Å². The van der Waals surface area contributed by atoms with Crippen LogP contribution < -0.4 is 5.32 Å². The van der Waals surface area contributed by atoms with Crippen molar-refractivity contribution in [2.24, 2.45) is 5.92 Å². The molecule has 0 saturated carbocycles. The van der Waals surface area contributed by atoms with Crippen LogP contribution in [0.25, 0.3) is 10.9 Å². The highest BCUT2D eigenvalue weighted by Gasteiger charge is 2.20. The smallest absolute Gasteiger partial charge is 0.326 e. The maximum Gasteiger partial charge on any atom is 0.326 e. The predicted molar refractivity (Wildman–Crippen MR) is 89.1 cm³/mol. The molecule has 1 aromatic heterocycles. The molecule has 0 radical (unpaired) electrons. The molecule has 2 aromatic rings. The first-order valence-electron chi connectivity index (χ1n) is 7.82. The van der Waals surface area contributed by atoms with E-state index in [2.05, 4.69) is 10.3 Å². The molecule has 5 heteroatoms. The van der Waals surface area contributed by atoms with Crippen molar-refractivity contribution in [3.8, 4) is 0 Å². The van der Waals surface area contributed by atoms with Crippen LogP contribution in [0.1, 0.15) is 32.3 Å². The van der Waals surface area contributed by atoms with Gasteiger partial charge in [0.1, 0.15) is 6.04 Å². The summed E-state index contributed by atoms with van der Waals surface area (Å²) in [6.45, 7) is 3.87. The van der Waals surface area contributed by atoms with Gasteiger partial charge in [-0.1, -0.05) is 32.0 Å². The van der Waals surface area contributed by atoms with Crippen molar-refractivity contribution in [2.45, 2.75) is 39.2 Å². The van der Waals surface area contributed by atoms with Crippen LogP contribution in [0.3, 0.4) is 0 Å². The number of aliphatic carboxylic acids is 1. The van der Waals surface area contributed by atoms with Crippen molar-refractivity contribution < 1.29 is 14.7 Å². The number of hydrogen-bond acceptors (Lipinski definition) is 3. The highest BCUT2D eigenvalue weighted by Crippen LogP contribution is 2.17. The number of carbonyl (C=O) groups is 2. The number of para-hydroxylation sites is 1. The zero-order valence-electron chi connectivity index (χ0n) is 13.5. The third kappa shape index (κ3) is 4.77. The summed E-state index contributed by atoms with van der Waals surface area (Å²) in [5, 5.41) is 12.8. The second-order valence-corrected chi connectivity index (χ2v) is 6.08. The van der Waals surface area contributed by atoms with Crippen molar-refractivity contribution in [1.82, 2.24) is 10.3 Å². The van der Waals surface area contributed by atoms with Gasteiger partial charge in [0.25, 0.3) is 0 Å². The number of nitrogens with one attached hydrogen (secondary N) is 1. The summed E-state index contributed by atoms with van der Waals surface area (Å²) < 4.78 is 0. The van der Waals surface area contributed by atoms with Gasteiger partial charge in [-0.3, -0.25) is 9.78 Å². The van der Waals surface area contributed by atoms with Crippen LogP contribution in [0.5, 0.6) is 0 Å². The highest BCUT2D eigenvalue weighted by molar-refractivity contribution is 5.85. The minimum absolute atomic E-state index is 0.209. The van der Waals surface area contributed by atoms with E-state index in [-0.39, 0.29) is 18.2 Å². The van der Waals surface area contributed by atoms with E-state index in [9.17, 15) is 14.7 Å². The van der Waals surface area contributed by atoms with E-state index < -0.39 is 12.0 Å². The molecule has 0 aliphatic rings. The third-order valence-corrected chi connectivity index (χ3v) is 3.70. The largest absolute Gasteiger partial charge is 0.480 e. The fourth-order valence-electron chi connectivity index (χ4n) is 2.58. The Morgan fingerprint density at radius 3 is 2.65 bits per heavy atom. The highest BCUT2D eigenvalue weighted by atomic mass is 16.4. The molecule has 1 aromatic carbocycles. The van der Waals surface area contributed by atoms with E-state index in [4.69, 9.17) is 0 Å². The van der Waals surface area contributed by atoms with Gasteiger partial charge in [0.2, 0.25) is 5.91 Å². The standard InChI is InChI=1S/C18H22N2O3/c1-12(2)11-16(18(22)23)20-17(21)8-7-13-9-10-19-15-6-4-3-5-14(13)15/h3-6,9-10,12,16H,7-8,11H2,1-2H3,(H,20,21)(H,22,23)/t16-/m1/s1. The second kappa shape index (κ2) is 7.72. The summed E-state index contributed by atoms with van der Waals surface area (Å²) in [6.07, 6.45) is 2.98. The minimum Gasteiger partial charge on any atom is -0.480 e. The van der Waals surface area contributed by atoms with E-state index in [1.54, 1.807) is 6.20 Å². The van der Waals surface area contributed by atoms with Crippen LogP contribution in [-0.2, 0) is 16.0 Å². The fraction of sp³-hybridized carbons (Fsp3) is 0.389. The summed E-state index contributed by atoms with van der Waals surface area (Å²) in [5.74, 6) is -1.01. The number of amides is 1. The van der Waals surface area contributed by atoms with Gasteiger partial charge >= 0.3 is 5.97 Å². The molecule has 122 valence electrons. The average molecular weight is 314 g/mol. The number of nitrogens with zero attached hydrogens (tertiary/aromatic N) is 1. The summed E-state index contributed by atoms with van der Waals surface area (Å²) in [5.41, 5.74) is 1.94. The van der Waals surface area contributed by atoms with E-state index in [0.717, 1.165) is 16.5 Å². The molecule has 0 fully saturated rings. The first-order valence-corrected chi connectivity index (χ1v) is 7.82. The van der Waals surface area contributed by atoms with Gasteiger partial charge in [0.05, 0.1) is 5.52 Å². The maximum absolute atomic E-state index is 12.1. The predicted octanol–water partition coefficient (Wildman–Crippen LogP) is 2.78. The van der Waals surface area contributed by atoms with Gasteiger partial charge in [-0.05, 0) is 36.5 Å². The summed E-state index contributed by atoms with van der Waals surface area (Å²) >= 11 is 0. The molecule has 0 aliphatic heterocycles. The van der Waals surface area contributed by atoms with E-state index in [1.807, 2.05) is 44.2 Å². The SMILES string of the molecule is CC(C)C[C@@H](NC(=O)CCc1ccnc2ccccc12)C(=O)O. The van der Waals surface area contributed by atoms with Crippen molar-refractivity contribution >= 4 is 22.8 Å². The molecular formula is C18H22N2O3. The lowest BCUT2D eigenvalue weighted by Crippen LogP contribution is -2.41. The van der Waals surface area contributed by atoms with E-state index in [1.165, 1.54) is 0 Å². The van der Waals surface area contributed by atoms with Crippen LogP contribution >= 0.6 is 0 Å². The van der Waals surface area contributed by atoms with Crippen LogP contribution in [-0.4, -0.2) is 28.0 Å². The number of rotatable bonds is 7. The minimum atomic E-state index is -0.985. The number of pyridine rings is 1. The molecule has 0 saturated heterocycles. The number of carboxylic acids is 1. The Hall–Kier alpha value is -2.43. The summed E-state index contributed by atoms with van der Waals surface area (Å²) in [7, 11) is 0. The molecule has 1 atom stereocenters. The van der Waals surface area contributed by atoms with Crippen molar-refractivity contribution in [1.29, 1.82) is 0 Å². The van der Waals surface area contributed by atoms with Gasteiger partial charge < -0.3 is 10.4 Å². The zero-order chi connectivity index (χ0) is 16.8. The Kier molecular flexibility index (Phi) is 5.68. The molecule has 0 unspecified atom stereocenters. The maximum atomic E-state index is 12.1. The van der Waals surface area contributed by atoms with Gasteiger partial charge in [-0.15, -0.1) is 0 Å². The monoisotopic (exact) mass is 314 g/mol. The molecule has 1 heterocycles. The number of fused-ring (bicyclic) bond motifs is 1. The van der Waals surface area contributed by atoms with Gasteiger partial charge in [-0.25, -0.2) is 4.79 Å². The van der Waals surface area contributed by atoms with Crippen LogP contribution in [0.2, 0.25) is 0 Å². The molecule has 0 spiro atoms.